The fourth-order valence-corrected chi connectivity index (χ4v) is 7.10. The molecule has 0 N–H and O–H groups in total. The Hall–Kier alpha value is -3.50. The molecule has 3 aromatic carbocycles. The van der Waals surface area contributed by atoms with Crippen LogP contribution in [0.1, 0.15) is 42.2 Å². The van der Waals surface area contributed by atoms with Crippen molar-refractivity contribution in [2.24, 2.45) is 0 Å². The molecular weight excluding hydrogens is 537 g/mol. The van der Waals surface area contributed by atoms with Crippen molar-refractivity contribution in [3.8, 4) is 11.5 Å². The number of alkyl halides is 2. The summed E-state index contributed by atoms with van der Waals surface area (Å²) in [6, 6.07) is 23.7. The lowest BCUT2D eigenvalue weighted by molar-refractivity contribution is 0.116. The summed E-state index contributed by atoms with van der Waals surface area (Å²) in [5, 5.41) is 7.09. The van der Waals surface area contributed by atoms with E-state index < -0.39 is 22.4 Å². The second-order valence-electron chi connectivity index (χ2n) is 10.3. The Bertz CT molecular complexity index is 1420. The minimum Gasteiger partial charge on any atom is -0.415 e. The maximum absolute atomic E-state index is 14.2. The minimum atomic E-state index is -2.82. The third-order valence-electron chi connectivity index (χ3n) is 7.49. The SMILES string of the molecule is C[SH](=O)(CCN1CCC(c2ccc(F)cc2)CC1)N(Cc1ccc(-c2nnc(C(F)F)o2)cc1)c1ccccc1. The molecule has 1 aliphatic rings. The average Bonchev–Trinajstić information content (AvgIpc) is 3.47. The van der Waals surface area contributed by atoms with E-state index >= 15 is 0 Å². The Labute approximate surface area is 233 Å². The van der Waals surface area contributed by atoms with Crippen LogP contribution >= 0.6 is 0 Å². The van der Waals surface area contributed by atoms with Crippen molar-refractivity contribution >= 4 is 15.8 Å². The molecule has 0 unspecified atom stereocenters. The van der Waals surface area contributed by atoms with Crippen LogP contribution in [0.2, 0.25) is 0 Å². The van der Waals surface area contributed by atoms with Crippen molar-refractivity contribution in [2.75, 3.05) is 35.9 Å². The summed E-state index contributed by atoms with van der Waals surface area (Å²) >= 11 is 0. The molecule has 1 aliphatic heterocycles. The molecule has 0 atom stereocenters. The van der Waals surface area contributed by atoms with E-state index in [1.54, 1.807) is 12.1 Å². The number of nitrogens with zero attached hydrogens (tertiary/aromatic N) is 4. The second kappa shape index (κ2) is 12.3. The number of para-hydroxylation sites is 1. The third kappa shape index (κ3) is 6.79. The molecule has 0 bridgehead atoms. The standard InChI is InChI=1S/C30H33F3N4O2S/c1-40(38,20-19-36-17-15-24(16-18-36)23-11-13-26(31)14-12-23)37(27-5-3-2-4-6-27)21-22-7-9-25(10-8-22)29-34-35-30(39-29)28(32)33/h2-14,24,28,40H,15-21H2,1H3. The van der Waals surface area contributed by atoms with Crippen LogP contribution in [0.5, 0.6) is 0 Å². The summed E-state index contributed by atoms with van der Waals surface area (Å²) in [4.78, 5) is 2.37. The van der Waals surface area contributed by atoms with Gasteiger partial charge in [-0.25, -0.2) is 4.39 Å². The van der Waals surface area contributed by atoms with Crippen LogP contribution in [-0.2, 0) is 16.7 Å². The predicted molar refractivity (Wildman–Crippen MR) is 152 cm³/mol. The van der Waals surface area contributed by atoms with Crippen LogP contribution in [-0.4, -0.2) is 50.9 Å². The van der Waals surface area contributed by atoms with Crippen LogP contribution in [0.4, 0.5) is 18.9 Å². The molecule has 5 rings (SSSR count). The summed E-state index contributed by atoms with van der Waals surface area (Å²) in [5.74, 6) is 0.0730. The molecule has 0 radical (unpaired) electrons. The van der Waals surface area contributed by atoms with Gasteiger partial charge in [-0.2, -0.15) is 8.78 Å². The van der Waals surface area contributed by atoms with Crippen molar-refractivity contribution in [3.63, 3.8) is 0 Å². The number of benzene rings is 3. The largest absolute Gasteiger partial charge is 0.415 e. The Morgan fingerprint density at radius 3 is 2.27 bits per heavy atom. The molecule has 0 saturated carbocycles. The highest BCUT2D eigenvalue weighted by Gasteiger charge is 2.25. The van der Waals surface area contributed by atoms with E-state index in [2.05, 4.69) is 15.1 Å². The van der Waals surface area contributed by atoms with Crippen molar-refractivity contribution in [2.45, 2.75) is 31.7 Å². The molecule has 1 aromatic heterocycles. The first kappa shape index (κ1) is 28.0. The van der Waals surface area contributed by atoms with Gasteiger partial charge in [0.15, 0.2) is 0 Å². The Morgan fingerprint density at radius 1 is 0.975 bits per heavy atom. The van der Waals surface area contributed by atoms with Gasteiger partial charge in [0.25, 0.3) is 5.89 Å². The van der Waals surface area contributed by atoms with Gasteiger partial charge in [0, 0.05) is 29.8 Å². The Kier molecular flexibility index (Phi) is 8.66. The summed E-state index contributed by atoms with van der Waals surface area (Å²) in [6.07, 6.45) is 1.00. The van der Waals surface area contributed by atoms with Crippen molar-refractivity contribution in [3.05, 3.63) is 102 Å². The smallest absolute Gasteiger partial charge is 0.314 e. The quantitative estimate of drug-likeness (QED) is 0.228. The molecule has 10 heteroatoms. The zero-order valence-electron chi connectivity index (χ0n) is 22.3. The lowest BCUT2D eigenvalue weighted by Crippen LogP contribution is -2.43. The zero-order chi connectivity index (χ0) is 28.1. The second-order valence-corrected chi connectivity index (χ2v) is 13.3. The lowest BCUT2D eigenvalue weighted by Gasteiger charge is -2.38. The van der Waals surface area contributed by atoms with Gasteiger partial charge >= 0.3 is 6.43 Å². The number of hydrogen-bond acceptors (Lipinski definition) is 5. The minimum absolute atomic E-state index is 0.0335. The molecule has 4 aromatic rings. The summed E-state index contributed by atoms with van der Waals surface area (Å²) in [7, 11) is -2.79. The van der Waals surface area contributed by atoms with Gasteiger partial charge in [-0.3, -0.25) is 4.21 Å². The zero-order valence-corrected chi connectivity index (χ0v) is 23.2. The van der Waals surface area contributed by atoms with Gasteiger partial charge in [0.2, 0.25) is 5.89 Å². The summed E-state index contributed by atoms with van der Waals surface area (Å²) in [6.45, 7) is 2.99. The van der Waals surface area contributed by atoms with Gasteiger partial charge in [-0.05, 0) is 89.5 Å². The number of rotatable bonds is 10. The van der Waals surface area contributed by atoms with E-state index in [9.17, 15) is 17.4 Å². The van der Waals surface area contributed by atoms with Gasteiger partial charge in [0.1, 0.15) is 5.82 Å². The van der Waals surface area contributed by atoms with E-state index in [0.29, 0.717) is 23.8 Å². The molecule has 1 fully saturated rings. The molecule has 2 heterocycles. The van der Waals surface area contributed by atoms with Crippen LogP contribution < -0.4 is 4.31 Å². The summed E-state index contributed by atoms with van der Waals surface area (Å²) < 4.78 is 60.2. The van der Waals surface area contributed by atoms with E-state index in [-0.39, 0.29) is 11.7 Å². The fraction of sp³-hybridized carbons (Fsp3) is 0.333. The number of likely N-dealkylation sites (tertiary alicyclic amines) is 1. The normalized spacial score (nSPS) is 15.4. The fourth-order valence-electron chi connectivity index (χ4n) is 5.12. The number of halogens is 3. The first-order valence-electron chi connectivity index (χ1n) is 13.4. The molecule has 0 aliphatic carbocycles. The van der Waals surface area contributed by atoms with E-state index in [0.717, 1.165) is 43.7 Å². The number of aromatic nitrogens is 2. The maximum Gasteiger partial charge on any atom is 0.314 e. The van der Waals surface area contributed by atoms with Crippen LogP contribution in [0.3, 0.4) is 0 Å². The van der Waals surface area contributed by atoms with E-state index in [4.69, 9.17) is 4.42 Å². The van der Waals surface area contributed by atoms with Gasteiger partial charge < -0.3 is 13.6 Å². The lowest BCUT2D eigenvalue weighted by atomic mass is 9.89. The van der Waals surface area contributed by atoms with Crippen molar-refractivity contribution < 1.29 is 21.8 Å². The molecule has 6 nitrogen and oxygen atoms in total. The first-order valence-corrected chi connectivity index (χ1v) is 15.7. The predicted octanol–water partition coefficient (Wildman–Crippen LogP) is 6.26. The van der Waals surface area contributed by atoms with Crippen molar-refractivity contribution in [1.82, 2.24) is 15.1 Å². The Balaban J connectivity index is 1.24. The monoisotopic (exact) mass is 570 g/mol. The maximum atomic E-state index is 14.2. The molecule has 40 heavy (non-hydrogen) atoms. The van der Waals surface area contributed by atoms with E-state index in [1.807, 2.05) is 65.2 Å². The van der Waals surface area contributed by atoms with Crippen molar-refractivity contribution in [1.29, 1.82) is 0 Å². The highest BCUT2D eigenvalue weighted by atomic mass is 32.3. The van der Waals surface area contributed by atoms with Gasteiger partial charge in [-0.15, -0.1) is 10.2 Å². The molecule has 0 amide bonds. The highest BCUT2D eigenvalue weighted by molar-refractivity contribution is 8.03. The summed E-state index contributed by atoms with van der Waals surface area (Å²) in [5.41, 5.74) is 3.52. The molecule has 212 valence electrons. The van der Waals surface area contributed by atoms with Crippen LogP contribution in [0, 0.1) is 5.82 Å². The molecular formula is C30H33F3N4O2S. The number of thiol groups is 1. The third-order valence-corrected chi connectivity index (χ3v) is 9.91. The Morgan fingerprint density at radius 2 is 1.65 bits per heavy atom. The highest BCUT2D eigenvalue weighted by Crippen LogP contribution is 2.30. The number of hydrogen-bond donors (Lipinski definition) is 1. The van der Waals surface area contributed by atoms with Gasteiger partial charge in [-0.1, -0.05) is 42.5 Å². The number of piperidine rings is 1. The first-order chi connectivity index (χ1) is 19.3. The van der Waals surface area contributed by atoms with Gasteiger partial charge in [0.05, 0.1) is 6.54 Å². The van der Waals surface area contributed by atoms with Crippen LogP contribution in [0.15, 0.2) is 83.3 Å². The number of anilines is 1. The van der Waals surface area contributed by atoms with E-state index in [1.165, 1.54) is 17.7 Å². The molecule has 1 saturated heterocycles. The van der Waals surface area contributed by atoms with Crippen LogP contribution in [0.25, 0.3) is 11.5 Å². The average molecular weight is 571 g/mol. The molecule has 0 spiro atoms. The topological polar surface area (TPSA) is 62.5 Å².